The van der Waals surface area contributed by atoms with Crippen LogP contribution in [0.1, 0.15) is 36.3 Å². The highest BCUT2D eigenvalue weighted by molar-refractivity contribution is 7.90. The van der Waals surface area contributed by atoms with Crippen molar-refractivity contribution in [3.63, 3.8) is 0 Å². The second kappa shape index (κ2) is 9.44. The van der Waals surface area contributed by atoms with Gasteiger partial charge in [0.25, 0.3) is 0 Å². The lowest BCUT2D eigenvalue weighted by atomic mass is 10.3. The number of hydrogen-bond donors (Lipinski definition) is 1. The molecule has 142 valence electrons. The Hall–Kier alpha value is -2.26. The van der Waals surface area contributed by atoms with Gasteiger partial charge >= 0.3 is 11.8 Å². The topological polar surface area (TPSA) is 105 Å². The number of carbonyl (C=O) groups is 1. The van der Waals surface area contributed by atoms with E-state index in [9.17, 15) is 13.2 Å². The molecule has 1 N–H and O–H groups in total. The number of rotatable bonds is 10. The molecule has 0 radical (unpaired) electrons. The summed E-state index contributed by atoms with van der Waals surface area (Å²) in [5.74, 6) is -1.21. The van der Waals surface area contributed by atoms with Crippen LogP contribution in [0.15, 0.2) is 39.8 Å². The van der Waals surface area contributed by atoms with Crippen molar-refractivity contribution in [2.24, 2.45) is 0 Å². The fourth-order valence-electron chi connectivity index (χ4n) is 2.26. The lowest BCUT2D eigenvalue weighted by molar-refractivity contribution is 0.0906. The molecule has 1 aromatic heterocycles. The van der Waals surface area contributed by atoms with Crippen molar-refractivity contribution in [2.75, 3.05) is 26.7 Å². The van der Waals surface area contributed by atoms with Crippen LogP contribution in [0.5, 0.6) is 0 Å². The summed E-state index contributed by atoms with van der Waals surface area (Å²) in [7, 11) is -1.60. The number of unbranched alkanes of at least 4 members (excludes halogenated alkanes) is 1. The fourth-order valence-corrected chi connectivity index (χ4v) is 3.46. The third-order valence-corrected chi connectivity index (χ3v) is 5.38. The fraction of sp³-hybridized carbons (Fsp3) is 0.471. The van der Waals surface area contributed by atoms with Gasteiger partial charge in [-0.15, -0.1) is 0 Å². The molecule has 9 heteroatoms. The minimum Gasteiger partial charge on any atom is -0.347 e. The lowest BCUT2D eigenvalue weighted by Crippen LogP contribution is -2.33. The Morgan fingerprint density at radius 2 is 1.96 bits per heavy atom. The highest BCUT2D eigenvalue weighted by atomic mass is 32.2. The van der Waals surface area contributed by atoms with Crippen molar-refractivity contribution in [3.8, 4) is 0 Å². The van der Waals surface area contributed by atoms with E-state index in [4.69, 9.17) is 4.52 Å². The normalized spacial score (nSPS) is 11.7. The average Bonchev–Trinajstić information content (AvgIpc) is 3.08. The van der Waals surface area contributed by atoms with Crippen molar-refractivity contribution in [1.29, 1.82) is 0 Å². The first-order chi connectivity index (χ1) is 12.4. The molecule has 0 saturated carbocycles. The number of nitrogens with one attached hydrogen (secondary N) is 1. The standard InChI is InChI=1S/C17H24N4O4S/c1-3-4-11-21(2)12-10-18-16(22)17-19-15(20-25-17)13-26(23,24)14-8-6-5-7-9-14/h5-9H,3-4,10-13H2,1-2H3,(H,18,22). The van der Waals surface area contributed by atoms with Gasteiger partial charge in [0.15, 0.2) is 15.7 Å². The molecule has 2 aromatic rings. The van der Waals surface area contributed by atoms with Crippen LogP contribution in [0.4, 0.5) is 0 Å². The van der Waals surface area contributed by atoms with Crippen LogP contribution in [0.3, 0.4) is 0 Å². The van der Waals surface area contributed by atoms with E-state index < -0.39 is 21.5 Å². The first kappa shape index (κ1) is 20.1. The van der Waals surface area contributed by atoms with E-state index >= 15 is 0 Å². The number of likely N-dealkylation sites (N-methyl/N-ethyl adjacent to an activating group) is 1. The quantitative estimate of drug-likeness (QED) is 0.666. The molecule has 0 aliphatic carbocycles. The van der Waals surface area contributed by atoms with Gasteiger partial charge < -0.3 is 14.7 Å². The third-order valence-electron chi connectivity index (χ3n) is 3.76. The Morgan fingerprint density at radius 1 is 1.23 bits per heavy atom. The van der Waals surface area contributed by atoms with Crippen LogP contribution in [-0.2, 0) is 15.6 Å². The summed E-state index contributed by atoms with van der Waals surface area (Å²) in [5, 5.41) is 6.28. The minimum atomic E-state index is -3.59. The zero-order chi connectivity index (χ0) is 19.0. The van der Waals surface area contributed by atoms with E-state index in [0.717, 1.165) is 19.4 Å². The molecular formula is C17H24N4O4S. The van der Waals surface area contributed by atoms with Crippen molar-refractivity contribution >= 4 is 15.7 Å². The van der Waals surface area contributed by atoms with Gasteiger partial charge in [-0.05, 0) is 32.1 Å². The molecule has 1 aromatic carbocycles. The zero-order valence-corrected chi connectivity index (χ0v) is 15.8. The van der Waals surface area contributed by atoms with Gasteiger partial charge in [0, 0.05) is 13.1 Å². The number of hydrogen-bond acceptors (Lipinski definition) is 7. The zero-order valence-electron chi connectivity index (χ0n) is 15.0. The van der Waals surface area contributed by atoms with Crippen LogP contribution in [0.2, 0.25) is 0 Å². The van der Waals surface area contributed by atoms with E-state index in [-0.39, 0.29) is 16.6 Å². The highest BCUT2D eigenvalue weighted by Gasteiger charge is 2.21. The molecule has 0 spiro atoms. The van der Waals surface area contributed by atoms with Gasteiger partial charge in [-0.3, -0.25) is 4.79 Å². The van der Waals surface area contributed by atoms with Gasteiger partial charge in [0.1, 0.15) is 5.75 Å². The van der Waals surface area contributed by atoms with Crippen molar-refractivity contribution < 1.29 is 17.7 Å². The summed E-state index contributed by atoms with van der Waals surface area (Å²) in [4.78, 5) is 18.2. The molecule has 0 fully saturated rings. The van der Waals surface area contributed by atoms with Gasteiger partial charge in [0.05, 0.1) is 4.90 Å². The molecule has 0 saturated heterocycles. The number of carbonyl (C=O) groups excluding carboxylic acids is 1. The van der Waals surface area contributed by atoms with Crippen LogP contribution < -0.4 is 5.32 Å². The van der Waals surface area contributed by atoms with E-state index in [1.165, 1.54) is 12.1 Å². The second-order valence-corrected chi connectivity index (χ2v) is 7.99. The molecular weight excluding hydrogens is 356 g/mol. The molecule has 2 rings (SSSR count). The van der Waals surface area contributed by atoms with E-state index in [1.807, 2.05) is 7.05 Å². The predicted molar refractivity (Wildman–Crippen MR) is 96.4 cm³/mol. The molecule has 0 bridgehead atoms. The number of benzene rings is 1. The van der Waals surface area contributed by atoms with Gasteiger partial charge in [-0.25, -0.2) is 8.42 Å². The van der Waals surface area contributed by atoms with Crippen LogP contribution >= 0.6 is 0 Å². The molecule has 8 nitrogen and oxygen atoms in total. The molecule has 0 atom stereocenters. The van der Waals surface area contributed by atoms with Gasteiger partial charge in [-0.2, -0.15) is 4.98 Å². The van der Waals surface area contributed by atoms with Crippen molar-refractivity contribution in [2.45, 2.75) is 30.4 Å². The smallest absolute Gasteiger partial charge is 0.315 e. The number of amides is 1. The Morgan fingerprint density at radius 3 is 2.65 bits per heavy atom. The van der Waals surface area contributed by atoms with Gasteiger partial charge in [-0.1, -0.05) is 36.7 Å². The Balaban J connectivity index is 1.88. The van der Waals surface area contributed by atoms with Gasteiger partial charge in [0.2, 0.25) is 0 Å². The molecule has 1 heterocycles. The van der Waals surface area contributed by atoms with Crippen LogP contribution in [0, 0.1) is 0 Å². The predicted octanol–water partition coefficient (Wildman–Crippen LogP) is 1.51. The summed E-state index contributed by atoms with van der Waals surface area (Å²) in [6.45, 7) is 4.24. The molecule has 1 amide bonds. The summed E-state index contributed by atoms with van der Waals surface area (Å²) in [5.41, 5.74) is 0. The van der Waals surface area contributed by atoms with E-state index in [2.05, 4.69) is 27.3 Å². The van der Waals surface area contributed by atoms with Crippen LogP contribution in [-0.4, -0.2) is 56.0 Å². The Bertz CT molecular complexity index is 805. The Labute approximate surface area is 153 Å². The monoisotopic (exact) mass is 380 g/mol. The van der Waals surface area contributed by atoms with Crippen molar-refractivity contribution in [1.82, 2.24) is 20.4 Å². The minimum absolute atomic E-state index is 0.0425. The summed E-state index contributed by atoms with van der Waals surface area (Å²) in [6, 6.07) is 8.00. The lowest BCUT2D eigenvalue weighted by Gasteiger charge is -2.15. The maximum atomic E-state index is 12.3. The summed E-state index contributed by atoms with van der Waals surface area (Å²) < 4.78 is 29.5. The van der Waals surface area contributed by atoms with Crippen molar-refractivity contribution in [3.05, 3.63) is 42.0 Å². The highest BCUT2D eigenvalue weighted by Crippen LogP contribution is 2.14. The number of nitrogens with zero attached hydrogens (tertiary/aromatic N) is 3. The summed E-state index contributed by atoms with van der Waals surface area (Å²) in [6.07, 6.45) is 2.22. The van der Waals surface area contributed by atoms with E-state index in [1.54, 1.807) is 18.2 Å². The second-order valence-electron chi connectivity index (χ2n) is 6.00. The average molecular weight is 380 g/mol. The van der Waals surface area contributed by atoms with E-state index in [0.29, 0.717) is 13.1 Å². The third kappa shape index (κ3) is 5.92. The first-order valence-corrected chi connectivity index (χ1v) is 10.1. The maximum Gasteiger partial charge on any atom is 0.315 e. The SMILES string of the molecule is CCCCN(C)CCNC(=O)c1nc(CS(=O)(=O)c2ccccc2)no1. The number of aromatic nitrogens is 2. The number of sulfone groups is 1. The first-order valence-electron chi connectivity index (χ1n) is 8.49. The molecule has 0 aliphatic rings. The largest absolute Gasteiger partial charge is 0.347 e. The molecule has 0 unspecified atom stereocenters. The van der Waals surface area contributed by atoms with Crippen LogP contribution in [0.25, 0.3) is 0 Å². The Kier molecular flexibility index (Phi) is 7.28. The maximum absolute atomic E-state index is 12.3. The molecule has 0 aliphatic heterocycles. The summed E-state index contributed by atoms with van der Waals surface area (Å²) >= 11 is 0. The molecule has 26 heavy (non-hydrogen) atoms.